The first-order valence-electron chi connectivity index (χ1n) is 9.12. The van der Waals surface area contributed by atoms with E-state index in [1.165, 1.54) is 56.3 Å². The molecule has 1 aliphatic carbocycles. The van der Waals surface area contributed by atoms with E-state index in [1.54, 1.807) is 7.11 Å². The molecule has 0 saturated carbocycles. The molecule has 23 heavy (non-hydrogen) atoms. The number of hydrogen-bond acceptors (Lipinski definition) is 2. The third kappa shape index (κ3) is 4.87. The van der Waals surface area contributed by atoms with Crippen molar-refractivity contribution in [3.8, 4) is 5.75 Å². The second kappa shape index (κ2) is 10.2. The second-order valence-corrected chi connectivity index (χ2v) is 6.67. The standard InChI is InChI=1S/C20H33NO.ClH/c1-5-7-8-15-21(14-6-2)19-13-12-18-17(16(19)3)10-9-11-20(18)22-4;/h9-11,16,19H,5-8,12-15H2,1-4H3;1H/t16-,19+;/m1./s1. The highest BCUT2D eigenvalue weighted by atomic mass is 35.5. The molecular formula is C20H34ClNO. The fraction of sp³-hybridized carbons (Fsp3) is 0.700. The molecule has 2 nitrogen and oxygen atoms in total. The van der Waals surface area contributed by atoms with Crippen LogP contribution in [0, 0.1) is 0 Å². The Bertz CT molecular complexity index is 463. The normalized spacial score (nSPS) is 20.0. The number of ether oxygens (including phenoxy) is 1. The molecule has 3 heteroatoms. The van der Waals surface area contributed by atoms with Gasteiger partial charge in [-0.15, -0.1) is 12.4 Å². The maximum atomic E-state index is 5.57. The lowest BCUT2D eigenvalue weighted by atomic mass is 9.79. The van der Waals surface area contributed by atoms with Gasteiger partial charge in [-0.3, -0.25) is 4.90 Å². The zero-order chi connectivity index (χ0) is 15.9. The van der Waals surface area contributed by atoms with Crippen LogP contribution < -0.4 is 4.74 Å². The molecule has 0 aliphatic heterocycles. The van der Waals surface area contributed by atoms with Crippen LogP contribution in [-0.4, -0.2) is 31.1 Å². The van der Waals surface area contributed by atoms with Crippen LogP contribution in [0.2, 0.25) is 0 Å². The molecule has 0 heterocycles. The molecule has 0 N–H and O–H groups in total. The number of methoxy groups -OCH3 is 1. The molecular weight excluding hydrogens is 306 g/mol. The molecule has 1 aromatic rings. The molecule has 132 valence electrons. The van der Waals surface area contributed by atoms with Gasteiger partial charge in [-0.2, -0.15) is 0 Å². The Labute approximate surface area is 149 Å². The molecule has 0 fully saturated rings. The van der Waals surface area contributed by atoms with Gasteiger partial charge in [-0.25, -0.2) is 0 Å². The van der Waals surface area contributed by atoms with Gasteiger partial charge in [-0.05, 0) is 61.9 Å². The van der Waals surface area contributed by atoms with Crippen molar-refractivity contribution in [1.29, 1.82) is 0 Å². The SMILES string of the molecule is CCCCCN(CCC)[C@H]1CCc2c(OC)cccc2[C@H]1C.Cl. The number of halogens is 1. The van der Waals surface area contributed by atoms with Crippen molar-refractivity contribution in [2.75, 3.05) is 20.2 Å². The highest BCUT2D eigenvalue weighted by Crippen LogP contribution is 2.38. The average Bonchev–Trinajstić information content (AvgIpc) is 2.54. The maximum Gasteiger partial charge on any atom is 0.122 e. The molecule has 0 unspecified atom stereocenters. The van der Waals surface area contributed by atoms with Crippen molar-refractivity contribution >= 4 is 12.4 Å². The topological polar surface area (TPSA) is 12.5 Å². The summed E-state index contributed by atoms with van der Waals surface area (Å²) >= 11 is 0. The fourth-order valence-corrected chi connectivity index (χ4v) is 4.01. The lowest BCUT2D eigenvalue weighted by Gasteiger charge is -2.40. The van der Waals surface area contributed by atoms with Gasteiger partial charge in [0.1, 0.15) is 5.75 Å². The average molecular weight is 340 g/mol. The summed E-state index contributed by atoms with van der Waals surface area (Å²) in [6.45, 7) is 9.49. The lowest BCUT2D eigenvalue weighted by Crippen LogP contribution is -2.42. The largest absolute Gasteiger partial charge is 0.496 e. The molecule has 0 spiro atoms. The first kappa shape index (κ1) is 20.3. The predicted molar refractivity (Wildman–Crippen MR) is 102 cm³/mol. The van der Waals surface area contributed by atoms with Crippen molar-refractivity contribution in [3.05, 3.63) is 29.3 Å². The van der Waals surface area contributed by atoms with E-state index >= 15 is 0 Å². The van der Waals surface area contributed by atoms with Crippen molar-refractivity contribution in [2.45, 2.75) is 71.3 Å². The monoisotopic (exact) mass is 339 g/mol. The molecule has 2 rings (SSSR count). The Morgan fingerprint density at radius 3 is 2.57 bits per heavy atom. The summed E-state index contributed by atoms with van der Waals surface area (Å²) in [7, 11) is 1.79. The smallest absolute Gasteiger partial charge is 0.122 e. The fourth-order valence-electron chi connectivity index (χ4n) is 4.01. The predicted octanol–water partition coefficient (Wildman–Crippen LogP) is 5.44. The number of benzene rings is 1. The van der Waals surface area contributed by atoms with Crippen molar-refractivity contribution < 1.29 is 4.74 Å². The third-order valence-corrected chi connectivity index (χ3v) is 5.18. The van der Waals surface area contributed by atoms with E-state index in [4.69, 9.17) is 4.74 Å². The van der Waals surface area contributed by atoms with Gasteiger partial charge in [0.2, 0.25) is 0 Å². The van der Waals surface area contributed by atoms with Crippen LogP contribution in [0.25, 0.3) is 0 Å². The van der Waals surface area contributed by atoms with E-state index < -0.39 is 0 Å². The molecule has 1 aromatic carbocycles. The first-order chi connectivity index (χ1) is 10.7. The molecule has 0 bridgehead atoms. The molecule has 0 amide bonds. The summed E-state index contributed by atoms with van der Waals surface area (Å²) < 4.78 is 5.57. The van der Waals surface area contributed by atoms with Gasteiger partial charge in [0.15, 0.2) is 0 Å². The number of nitrogens with zero attached hydrogens (tertiary/aromatic N) is 1. The maximum absolute atomic E-state index is 5.57. The summed E-state index contributed by atoms with van der Waals surface area (Å²) in [4.78, 5) is 2.75. The van der Waals surface area contributed by atoms with E-state index in [2.05, 4.69) is 43.9 Å². The van der Waals surface area contributed by atoms with Gasteiger partial charge in [-0.1, -0.05) is 45.7 Å². The number of rotatable bonds is 8. The first-order valence-corrected chi connectivity index (χ1v) is 9.12. The van der Waals surface area contributed by atoms with Crippen LogP contribution in [0.4, 0.5) is 0 Å². The summed E-state index contributed by atoms with van der Waals surface area (Å²) in [6.07, 6.45) is 7.67. The zero-order valence-corrected chi connectivity index (χ0v) is 16.1. The van der Waals surface area contributed by atoms with Crippen molar-refractivity contribution in [1.82, 2.24) is 4.90 Å². The minimum absolute atomic E-state index is 0. The van der Waals surface area contributed by atoms with Crippen LogP contribution >= 0.6 is 12.4 Å². The number of fused-ring (bicyclic) bond motifs is 1. The Hall–Kier alpha value is -0.730. The lowest BCUT2D eigenvalue weighted by molar-refractivity contribution is 0.155. The Morgan fingerprint density at radius 2 is 1.91 bits per heavy atom. The van der Waals surface area contributed by atoms with Crippen LogP contribution in [0.5, 0.6) is 5.75 Å². The highest BCUT2D eigenvalue weighted by molar-refractivity contribution is 5.85. The van der Waals surface area contributed by atoms with Crippen LogP contribution in [0.15, 0.2) is 18.2 Å². The van der Waals surface area contributed by atoms with E-state index in [1.807, 2.05) is 0 Å². The quantitative estimate of drug-likeness (QED) is 0.585. The zero-order valence-electron chi connectivity index (χ0n) is 15.3. The Morgan fingerprint density at radius 1 is 1.13 bits per heavy atom. The minimum Gasteiger partial charge on any atom is -0.496 e. The molecule has 0 aromatic heterocycles. The Balaban J connectivity index is 0.00000264. The van der Waals surface area contributed by atoms with Gasteiger partial charge in [0, 0.05) is 6.04 Å². The number of hydrogen-bond donors (Lipinski definition) is 0. The summed E-state index contributed by atoms with van der Waals surface area (Å²) in [6, 6.07) is 7.26. The summed E-state index contributed by atoms with van der Waals surface area (Å²) in [5.74, 6) is 1.68. The highest BCUT2D eigenvalue weighted by Gasteiger charge is 2.31. The second-order valence-electron chi connectivity index (χ2n) is 6.67. The van der Waals surface area contributed by atoms with Gasteiger partial charge in [0.05, 0.1) is 7.11 Å². The van der Waals surface area contributed by atoms with Gasteiger partial charge < -0.3 is 4.74 Å². The Kier molecular flexibility index (Phi) is 9.01. The van der Waals surface area contributed by atoms with Crippen LogP contribution in [-0.2, 0) is 6.42 Å². The van der Waals surface area contributed by atoms with Crippen LogP contribution in [0.3, 0.4) is 0 Å². The summed E-state index contributed by atoms with van der Waals surface area (Å²) in [5.41, 5.74) is 2.95. The summed E-state index contributed by atoms with van der Waals surface area (Å²) in [5, 5.41) is 0. The van der Waals surface area contributed by atoms with Crippen molar-refractivity contribution in [3.63, 3.8) is 0 Å². The van der Waals surface area contributed by atoms with Crippen molar-refractivity contribution in [2.24, 2.45) is 0 Å². The van der Waals surface area contributed by atoms with E-state index in [9.17, 15) is 0 Å². The van der Waals surface area contributed by atoms with E-state index in [-0.39, 0.29) is 12.4 Å². The van der Waals surface area contributed by atoms with Crippen LogP contribution in [0.1, 0.15) is 69.9 Å². The van der Waals surface area contributed by atoms with E-state index in [0.29, 0.717) is 12.0 Å². The molecule has 0 radical (unpaired) electrons. The molecule has 2 atom stereocenters. The van der Waals surface area contributed by atoms with E-state index in [0.717, 1.165) is 12.2 Å². The third-order valence-electron chi connectivity index (χ3n) is 5.18. The minimum atomic E-state index is 0. The van der Waals surface area contributed by atoms with Gasteiger partial charge in [0.25, 0.3) is 0 Å². The number of unbranched alkanes of at least 4 members (excludes halogenated alkanes) is 2. The van der Waals surface area contributed by atoms with Gasteiger partial charge >= 0.3 is 0 Å². The molecule has 0 saturated heterocycles. The molecule has 1 aliphatic rings.